The van der Waals surface area contributed by atoms with E-state index in [0.29, 0.717) is 11.1 Å². The highest BCUT2D eigenvalue weighted by Crippen LogP contribution is 2.18. The Hall–Kier alpha value is -1.42. The summed E-state index contributed by atoms with van der Waals surface area (Å²) in [7, 11) is 0. The van der Waals surface area contributed by atoms with Gasteiger partial charge < -0.3 is 0 Å². The second-order valence-corrected chi connectivity index (χ2v) is 3.10. The molecule has 0 heterocycles. The van der Waals surface area contributed by atoms with Crippen LogP contribution in [0.2, 0.25) is 0 Å². The van der Waals surface area contributed by atoms with Crippen molar-refractivity contribution in [1.82, 2.24) is 0 Å². The van der Waals surface area contributed by atoms with E-state index in [-0.39, 0.29) is 17.4 Å². The van der Waals surface area contributed by atoms with E-state index in [1.807, 2.05) is 0 Å². The molecule has 0 atom stereocenters. The van der Waals surface area contributed by atoms with Crippen LogP contribution in [-0.4, -0.2) is 10.7 Å². The van der Waals surface area contributed by atoms with Crippen LogP contribution in [0, 0.1) is 10.1 Å². The molecule has 1 rings (SSSR count). The number of alkyl halides is 1. The normalized spacial score (nSPS) is 9.86. The molecule has 0 unspecified atom stereocenters. The van der Waals surface area contributed by atoms with Gasteiger partial charge in [-0.3, -0.25) is 14.9 Å². The van der Waals surface area contributed by atoms with Gasteiger partial charge in [-0.15, -0.1) is 11.6 Å². The molecule has 0 aliphatic carbocycles. The van der Waals surface area contributed by atoms with Crippen LogP contribution < -0.4 is 0 Å². The Kier molecular flexibility index (Phi) is 3.19. The van der Waals surface area contributed by atoms with Crippen molar-refractivity contribution in [2.75, 3.05) is 0 Å². The number of non-ortho nitro benzene ring substituents is 1. The lowest BCUT2D eigenvalue weighted by Gasteiger charge is -1.99. The Labute approximate surface area is 85.6 Å². The molecule has 0 amide bonds. The van der Waals surface area contributed by atoms with Gasteiger partial charge in [0, 0.05) is 23.6 Å². The third kappa shape index (κ3) is 2.29. The zero-order valence-corrected chi connectivity index (χ0v) is 8.25. The summed E-state index contributed by atoms with van der Waals surface area (Å²) in [5, 5.41) is 10.5. The van der Waals surface area contributed by atoms with Crippen LogP contribution in [-0.2, 0) is 5.88 Å². The molecule has 1 aromatic carbocycles. The highest BCUT2D eigenvalue weighted by atomic mass is 35.5. The van der Waals surface area contributed by atoms with Crippen molar-refractivity contribution >= 4 is 23.1 Å². The van der Waals surface area contributed by atoms with Gasteiger partial charge in [0.05, 0.1) is 4.92 Å². The first-order chi connectivity index (χ1) is 6.54. The second-order valence-electron chi connectivity index (χ2n) is 2.84. The van der Waals surface area contributed by atoms with Crippen LogP contribution >= 0.6 is 11.6 Å². The van der Waals surface area contributed by atoms with Gasteiger partial charge in [0.1, 0.15) is 0 Å². The van der Waals surface area contributed by atoms with Crippen molar-refractivity contribution in [3.8, 4) is 0 Å². The number of benzene rings is 1. The number of carbonyl (C=O) groups is 1. The number of ketones is 1. The van der Waals surface area contributed by atoms with Crippen LogP contribution in [0.1, 0.15) is 22.8 Å². The average Bonchev–Trinajstić information content (AvgIpc) is 2.16. The Balaban J connectivity index is 3.27. The third-order valence-electron chi connectivity index (χ3n) is 1.75. The summed E-state index contributed by atoms with van der Waals surface area (Å²) in [4.78, 5) is 21.0. The minimum absolute atomic E-state index is 0.103. The van der Waals surface area contributed by atoms with Crippen molar-refractivity contribution < 1.29 is 9.72 Å². The molecule has 0 aliphatic heterocycles. The van der Waals surface area contributed by atoms with E-state index in [1.54, 1.807) is 6.07 Å². The molecule has 74 valence electrons. The molecule has 1 aromatic rings. The molecule has 0 N–H and O–H groups in total. The lowest BCUT2D eigenvalue weighted by atomic mass is 10.1. The van der Waals surface area contributed by atoms with Crippen LogP contribution in [0.25, 0.3) is 0 Å². The Bertz CT molecular complexity index is 357. The number of rotatable bonds is 3. The Morgan fingerprint density at radius 1 is 1.50 bits per heavy atom. The average molecular weight is 214 g/mol. The number of nitro benzene ring substituents is 1. The van der Waals surface area contributed by atoms with Crippen molar-refractivity contribution in [3.05, 3.63) is 39.4 Å². The molecule has 14 heavy (non-hydrogen) atoms. The molecule has 4 nitrogen and oxygen atoms in total. The van der Waals surface area contributed by atoms with Crippen LogP contribution in [0.3, 0.4) is 0 Å². The second kappa shape index (κ2) is 4.19. The monoisotopic (exact) mass is 213 g/mol. The standard InChI is InChI=1S/C9H8ClNO3/c1-6(12)8-2-7(5-10)3-9(4-8)11(13)14/h2-4H,5H2,1H3. The SMILES string of the molecule is CC(=O)c1cc(CCl)cc([N+](=O)[O-])c1. The summed E-state index contributed by atoms with van der Waals surface area (Å²) in [6.45, 7) is 1.36. The van der Waals surface area contributed by atoms with Crippen molar-refractivity contribution in [2.24, 2.45) is 0 Å². The number of hydrogen-bond donors (Lipinski definition) is 0. The first kappa shape index (κ1) is 10.7. The fourth-order valence-electron chi connectivity index (χ4n) is 1.06. The number of nitro groups is 1. The quantitative estimate of drug-likeness (QED) is 0.336. The van der Waals surface area contributed by atoms with Crippen molar-refractivity contribution in [2.45, 2.75) is 12.8 Å². The molecule has 0 aliphatic rings. The molecule has 0 saturated heterocycles. The largest absolute Gasteiger partial charge is 0.295 e. The number of nitrogens with zero attached hydrogens (tertiary/aromatic N) is 1. The molecule has 0 saturated carbocycles. The fraction of sp³-hybridized carbons (Fsp3) is 0.222. The van der Waals surface area contributed by atoms with E-state index in [1.165, 1.54) is 19.1 Å². The molecule has 0 bridgehead atoms. The lowest BCUT2D eigenvalue weighted by molar-refractivity contribution is -0.384. The minimum atomic E-state index is -0.539. The van der Waals surface area contributed by atoms with Crippen LogP contribution in [0.15, 0.2) is 18.2 Å². The maximum Gasteiger partial charge on any atom is 0.270 e. The topological polar surface area (TPSA) is 60.2 Å². The Morgan fingerprint density at radius 2 is 2.14 bits per heavy atom. The van der Waals surface area contributed by atoms with Gasteiger partial charge in [0.25, 0.3) is 5.69 Å². The summed E-state index contributed by atoms with van der Waals surface area (Å²) in [6.07, 6.45) is 0. The third-order valence-corrected chi connectivity index (χ3v) is 2.06. The summed E-state index contributed by atoms with van der Waals surface area (Å²) in [5.74, 6) is -0.0535. The number of hydrogen-bond acceptors (Lipinski definition) is 3. The molecule has 5 heteroatoms. The van der Waals surface area contributed by atoms with Gasteiger partial charge in [-0.2, -0.15) is 0 Å². The van der Waals surface area contributed by atoms with E-state index in [4.69, 9.17) is 11.6 Å². The predicted molar refractivity (Wildman–Crippen MR) is 52.7 cm³/mol. The van der Waals surface area contributed by atoms with E-state index < -0.39 is 4.92 Å². The minimum Gasteiger partial charge on any atom is -0.295 e. The molecule has 0 fully saturated rings. The molecule has 0 spiro atoms. The predicted octanol–water partition coefficient (Wildman–Crippen LogP) is 2.54. The van der Waals surface area contributed by atoms with E-state index in [9.17, 15) is 14.9 Å². The first-order valence-corrected chi connectivity index (χ1v) is 4.43. The van der Waals surface area contributed by atoms with Crippen molar-refractivity contribution in [3.63, 3.8) is 0 Å². The number of Topliss-reactive ketones (excluding diaryl/α,β-unsaturated/α-hetero) is 1. The summed E-state index contributed by atoms with van der Waals surface area (Å²) in [5.41, 5.74) is 0.786. The maximum atomic E-state index is 11.0. The van der Waals surface area contributed by atoms with Gasteiger partial charge in [0.2, 0.25) is 0 Å². The highest BCUT2D eigenvalue weighted by Gasteiger charge is 2.11. The first-order valence-electron chi connectivity index (χ1n) is 3.90. The van der Waals surface area contributed by atoms with Crippen LogP contribution in [0.5, 0.6) is 0 Å². The van der Waals surface area contributed by atoms with Crippen molar-refractivity contribution in [1.29, 1.82) is 0 Å². The van der Waals surface area contributed by atoms with Gasteiger partial charge >= 0.3 is 0 Å². The van der Waals surface area contributed by atoms with Gasteiger partial charge in [0.15, 0.2) is 5.78 Å². The van der Waals surface area contributed by atoms with Gasteiger partial charge in [-0.1, -0.05) is 0 Å². The number of halogens is 1. The van der Waals surface area contributed by atoms with Gasteiger partial charge in [-0.25, -0.2) is 0 Å². The molecular weight excluding hydrogens is 206 g/mol. The van der Waals surface area contributed by atoms with E-state index in [0.717, 1.165) is 0 Å². The smallest absolute Gasteiger partial charge is 0.270 e. The van der Waals surface area contributed by atoms with E-state index in [2.05, 4.69) is 0 Å². The Morgan fingerprint density at radius 3 is 2.57 bits per heavy atom. The molecular formula is C9H8ClNO3. The van der Waals surface area contributed by atoms with E-state index >= 15 is 0 Å². The molecule has 0 aromatic heterocycles. The fourth-order valence-corrected chi connectivity index (χ4v) is 1.21. The lowest BCUT2D eigenvalue weighted by Crippen LogP contribution is -1.97. The zero-order chi connectivity index (χ0) is 10.7. The van der Waals surface area contributed by atoms with Crippen LogP contribution in [0.4, 0.5) is 5.69 Å². The summed E-state index contributed by atoms with van der Waals surface area (Å²) >= 11 is 5.55. The zero-order valence-electron chi connectivity index (χ0n) is 7.49. The highest BCUT2D eigenvalue weighted by molar-refractivity contribution is 6.17. The maximum absolute atomic E-state index is 11.0. The van der Waals surface area contributed by atoms with Gasteiger partial charge in [-0.05, 0) is 18.6 Å². The summed E-state index contributed by atoms with van der Waals surface area (Å²) in [6, 6.07) is 4.17. The number of carbonyl (C=O) groups excluding carboxylic acids is 1. The molecule has 0 radical (unpaired) electrons. The summed E-state index contributed by atoms with van der Waals surface area (Å²) < 4.78 is 0.